The normalized spacial score (nSPS) is 22.7. The maximum atomic E-state index is 10.0. The number of hydrogen-bond acceptors (Lipinski definition) is 4. The average Bonchev–Trinajstić information content (AvgIpc) is 2.40. The maximum absolute atomic E-state index is 10.0. The molecule has 4 nitrogen and oxygen atoms in total. The highest BCUT2D eigenvalue weighted by Crippen LogP contribution is 2.24. The highest BCUT2D eigenvalue weighted by atomic mass is 16.5. The molecule has 0 radical (unpaired) electrons. The van der Waals surface area contributed by atoms with Gasteiger partial charge in [0.25, 0.3) is 0 Å². The quantitative estimate of drug-likeness (QED) is 0.771. The predicted octanol–water partition coefficient (Wildman–Crippen LogP) is 2.20. The minimum Gasteiger partial charge on any atom is -0.490 e. The van der Waals surface area contributed by atoms with Crippen molar-refractivity contribution in [3.8, 4) is 5.75 Å². The first-order chi connectivity index (χ1) is 10.1. The molecule has 0 aromatic heterocycles. The lowest BCUT2D eigenvalue weighted by molar-refractivity contribution is -0.0134. The molecule has 21 heavy (non-hydrogen) atoms. The summed E-state index contributed by atoms with van der Waals surface area (Å²) in [6, 6.07) is 6.53. The SMILES string of the molecule is CCOC1CC(NCC(O)COc2c(C)cccc2C)C1. The first-order valence-electron chi connectivity index (χ1n) is 7.82. The van der Waals surface area contributed by atoms with Crippen LogP contribution >= 0.6 is 0 Å². The van der Waals surface area contributed by atoms with E-state index in [0.29, 0.717) is 25.3 Å². The van der Waals surface area contributed by atoms with Gasteiger partial charge in [0.15, 0.2) is 0 Å². The van der Waals surface area contributed by atoms with Crippen LogP contribution in [-0.2, 0) is 4.74 Å². The van der Waals surface area contributed by atoms with Crippen LogP contribution < -0.4 is 10.1 Å². The Morgan fingerprint density at radius 1 is 1.29 bits per heavy atom. The summed E-state index contributed by atoms with van der Waals surface area (Å²) in [7, 11) is 0. The predicted molar refractivity (Wildman–Crippen MR) is 83.9 cm³/mol. The van der Waals surface area contributed by atoms with Gasteiger partial charge in [0, 0.05) is 19.2 Å². The van der Waals surface area contributed by atoms with Crippen LogP contribution in [0.15, 0.2) is 18.2 Å². The third kappa shape index (κ3) is 4.70. The first kappa shape index (κ1) is 16.3. The van der Waals surface area contributed by atoms with Crippen LogP contribution in [0.4, 0.5) is 0 Å². The molecular weight excluding hydrogens is 266 g/mol. The lowest BCUT2D eigenvalue weighted by Gasteiger charge is -2.36. The summed E-state index contributed by atoms with van der Waals surface area (Å²) in [6.07, 6.45) is 1.99. The van der Waals surface area contributed by atoms with Gasteiger partial charge in [0.2, 0.25) is 0 Å². The fourth-order valence-electron chi connectivity index (χ4n) is 2.67. The molecule has 0 spiro atoms. The van der Waals surface area contributed by atoms with E-state index in [9.17, 15) is 5.11 Å². The number of aliphatic hydroxyl groups excluding tert-OH is 1. The monoisotopic (exact) mass is 293 g/mol. The molecule has 2 rings (SSSR count). The molecule has 2 N–H and O–H groups in total. The Morgan fingerprint density at radius 3 is 2.57 bits per heavy atom. The van der Waals surface area contributed by atoms with Crippen molar-refractivity contribution in [3.63, 3.8) is 0 Å². The fourth-order valence-corrected chi connectivity index (χ4v) is 2.67. The molecule has 4 heteroatoms. The van der Waals surface area contributed by atoms with Crippen molar-refractivity contribution in [1.82, 2.24) is 5.32 Å². The topological polar surface area (TPSA) is 50.7 Å². The molecular formula is C17H27NO3. The van der Waals surface area contributed by atoms with E-state index in [4.69, 9.17) is 9.47 Å². The molecule has 1 aliphatic carbocycles. The smallest absolute Gasteiger partial charge is 0.125 e. The van der Waals surface area contributed by atoms with Gasteiger partial charge in [-0.2, -0.15) is 0 Å². The Bertz CT molecular complexity index is 423. The summed E-state index contributed by atoms with van der Waals surface area (Å²) in [5.74, 6) is 0.886. The second-order valence-corrected chi connectivity index (χ2v) is 5.84. The standard InChI is InChI=1S/C17H27NO3/c1-4-20-16-8-14(9-16)18-10-15(19)11-21-17-12(2)6-5-7-13(17)3/h5-7,14-16,18-19H,4,8-11H2,1-3H3. The van der Waals surface area contributed by atoms with Gasteiger partial charge in [-0.3, -0.25) is 0 Å². The second kappa shape index (κ2) is 7.78. The second-order valence-electron chi connectivity index (χ2n) is 5.84. The highest BCUT2D eigenvalue weighted by molar-refractivity contribution is 5.39. The summed E-state index contributed by atoms with van der Waals surface area (Å²) in [6.45, 7) is 7.73. The van der Waals surface area contributed by atoms with E-state index >= 15 is 0 Å². The summed E-state index contributed by atoms with van der Waals surface area (Å²) in [4.78, 5) is 0. The van der Waals surface area contributed by atoms with Gasteiger partial charge in [0.05, 0.1) is 6.10 Å². The summed E-state index contributed by atoms with van der Waals surface area (Å²) in [5.41, 5.74) is 2.21. The maximum Gasteiger partial charge on any atom is 0.125 e. The number of para-hydroxylation sites is 1. The number of aryl methyl sites for hydroxylation is 2. The van der Waals surface area contributed by atoms with E-state index in [0.717, 1.165) is 36.3 Å². The lowest BCUT2D eigenvalue weighted by atomic mass is 9.89. The Balaban J connectivity index is 1.65. The molecule has 0 bridgehead atoms. The number of benzene rings is 1. The number of nitrogens with one attached hydrogen (secondary N) is 1. The van der Waals surface area contributed by atoms with Crippen LogP contribution in [-0.4, -0.2) is 43.1 Å². The average molecular weight is 293 g/mol. The molecule has 1 fully saturated rings. The summed E-state index contributed by atoms with van der Waals surface area (Å²) in [5, 5.41) is 13.4. The Hall–Kier alpha value is -1.10. The minimum atomic E-state index is -0.491. The third-order valence-corrected chi connectivity index (χ3v) is 3.97. The molecule has 1 aromatic carbocycles. The number of hydrogen-bond donors (Lipinski definition) is 2. The number of ether oxygens (including phenoxy) is 2. The molecule has 1 aliphatic rings. The molecule has 1 saturated carbocycles. The van der Waals surface area contributed by atoms with E-state index in [-0.39, 0.29) is 0 Å². The van der Waals surface area contributed by atoms with Gasteiger partial charge in [-0.05, 0) is 44.7 Å². The van der Waals surface area contributed by atoms with Gasteiger partial charge < -0.3 is 19.9 Å². The largest absolute Gasteiger partial charge is 0.490 e. The van der Waals surface area contributed by atoms with Gasteiger partial charge in [-0.15, -0.1) is 0 Å². The van der Waals surface area contributed by atoms with Crippen molar-refractivity contribution in [2.75, 3.05) is 19.8 Å². The first-order valence-corrected chi connectivity index (χ1v) is 7.82. The van der Waals surface area contributed by atoms with Crippen LogP contribution in [0.2, 0.25) is 0 Å². The zero-order valence-corrected chi connectivity index (χ0v) is 13.3. The zero-order valence-electron chi connectivity index (χ0n) is 13.3. The molecule has 0 saturated heterocycles. The van der Waals surface area contributed by atoms with E-state index in [1.54, 1.807) is 0 Å². The Morgan fingerprint density at radius 2 is 1.95 bits per heavy atom. The van der Waals surface area contributed by atoms with Crippen LogP contribution in [0.25, 0.3) is 0 Å². The molecule has 0 aliphatic heterocycles. The van der Waals surface area contributed by atoms with Gasteiger partial charge in [-0.25, -0.2) is 0 Å². The Kier molecular flexibility index (Phi) is 6.03. The third-order valence-electron chi connectivity index (χ3n) is 3.97. The Labute approximate surface area is 127 Å². The molecule has 1 aromatic rings. The molecule has 118 valence electrons. The lowest BCUT2D eigenvalue weighted by Crippen LogP contribution is -2.48. The van der Waals surface area contributed by atoms with Gasteiger partial charge in [-0.1, -0.05) is 18.2 Å². The molecule has 1 atom stereocenters. The molecule has 0 amide bonds. The van der Waals surface area contributed by atoms with Gasteiger partial charge in [0.1, 0.15) is 18.5 Å². The highest BCUT2D eigenvalue weighted by Gasteiger charge is 2.29. The van der Waals surface area contributed by atoms with Crippen LogP contribution in [0.1, 0.15) is 30.9 Å². The fraction of sp³-hybridized carbons (Fsp3) is 0.647. The van der Waals surface area contributed by atoms with Crippen LogP contribution in [0.3, 0.4) is 0 Å². The van der Waals surface area contributed by atoms with E-state index in [1.807, 2.05) is 39.0 Å². The van der Waals surface area contributed by atoms with Crippen molar-refractivity contribution < 1.29 is 14.6 Å². The van der Waals surface area contributed by atoms with Crippen molar-refractivity contribution in [2.24, 2.45) is 0 Å². The minimum absolute atomic E-state index is 0.320. The van der Waals surface area contributed by atoms with Gasteiger partial charge >= 0.3 is 0 Å². The van der Waals surface area contributed by atoms with Crippen molar-refractivity contribution >= 4 is 0 Å². The van der Waals surface area contributed by atoms with E-state index < -0.39 is 6.10 Å². The van der Waals surface area contributed by atoms with E-state index in [1.165, 1.54) is 0 Å². The number of aliphatic hydroxyl groups is 1. The zero-order chi connectivity index (χ0) is 15.2. The van der Waals surface area contributed by atoms with Crippen molar-refractivity contribution in [1.29, 1.82) is 0 Å². The van der Waals surface area contributed by atoms with Crippen molar-refractivity contribution in [3.05, 3.63) is 29.3 Å². The summed E-state index contributed by atoms with van der Waals surface area (Å²) < 4.78 is 11.3. The number of rotatable bonds is 8. The van der Waals surface area contributed by atoms with Crippen LogP contribution in [0, 0.1) is 13.8 Å². The van der Waals surface area contributed by atoms with Crippen molar-refractivity contribution in [2.45, 2.75) is 51.9 Å². The van der Waals surface area contributed by atoms with Crippen LogP contribution in [0.5, 0.6) is 5.75 Å². The molecule has 0 heterocycles. The van der Waals surface area contributed by atoms with E-state index in [2.05, 4.69) is 5.32 Å². The molecule has 1 unspecified atom stereocenters. The summed E-state index contributed by atoms with van der Waals surface area (Å²) >= 11 is 0.